The number of benzene rings is 1. The minimum absolute atomic E-state index is 0.0670. The minimum Gasteiger partial charge on any atom is -0.481 e. The number of carboxylic acid groups (broad SMARTS) is 1. The summed E-state index contributed by atoms with van der Waals surface area (Å²) >= 11 is 11.9. The second kappa shape index (κ2) is 5.55. The molecule has 0 aliphatic carbocycles. The molecular formula is C13H8Cl2FNO2. The number of rotatable bonds is 3. The van der Waals surface area contributed by atoms with Gasteiger partial charge in [-0.05, 0) is 29.8 Å². The first kappa shape index (κ1) is 13.8. The van der Waals surface area contributed by atoms with Crippen molar-refractivity contribution in [2.45, 2.75) is 6.42 Å². The van der Waals surface area contributed by atoms with E-state index in [-0.39, 0.29) is 17.0 Å². The smallest absolute Gasteiger partial charge is 0.307 e. The third-order valence-electron chi connectivity index (χ3n) is 2.53. The van der Waals surface area contributed by atoms with Crippen LogP contribution in [0.15, 0.2) is 30.5 Å². The van der Waals surface area contributed by atoms with Crippen LogP contribution in [-0.4, -0.2) is 16.1 Å². The first-order valence-electron chi connectivity index (χ1n) is 5.29. The highest BCUT2D eigenvalue weighted by molar-refractivity contribution is 6.35. The van der Waals surface area contributed by atoms with E-state index in [0.717, 1.165) is 0 Å². The van der Waals surface area contributed by atoms with Gasteiger partial charge in [0.05, 0.1) is 6.42 Å². The Labute approximate surface area is 118 Å². The van der Waals surface area contributed by atoms with E-state index in [1.807, 2.05) is 0 Å². The summed E-state index contributed by atoms with van der Waals surface area (Å²) < 4.78 is 13.9. The van der Waals surface area contributed by atoms with E-state index in [9.17, 15) is 9.18 Å². The molecule has 1 heterocycles. The van der Waals surface area contributed by atoms with Crippen LogP contribution in [-0.2, 0) is 11.2 Å². The van der Waals surface area contributed by atoms with Gasteiger partial charge in [0.1, 0.15) is 0 Å². The van der Waals surface area contributed by atoms with E-state index < -0.39 is 11.9 Å². The van der Waals surface area contributed by atoms with Gasteiger partial charge in [-0.2, -0.15) is 4.39 Å². The molecule has 2 aromatic rings. The molecule has 0 bridgehead atoms. The van der Waals surface area contributed by atoms with Gasteiger partial charge in [0.25, 0.3) is 0 Å². The molecule has 0 saturated heterocycles. The van der Waals surface area contributed by atoms with Crippen molar-refractivity contribution in [2.75, 3.05) is 0 Å². The highest BCUT2D eigenvalue weighted by Gasteiger charge is 2.17. The predicted octanol–water partition coefficient (Wildman–Crippen LogP) is 3.82. The standard InChI is InChI=1S/C13H8Cl2FNO2/c14-8-1-2-10(15)9(6-8)12-7(5-11(18)19)3-4-17-13(12)16/h1-4,6H,5H2,(H,18,19). The Bertz CT molecular complexity index is 647. The lowest BCUT2D eigenvalue weighted by molar-refractivity contribution is -0.136. The van der Waals surface area contributed by atoms with Gasteiger partial charge in [-0.25, -0.2) is 4.98 Å². The zero-order valence-electron chi connectivity index (χ0n) is 9.53. The Morgan fingerprint density at radius 1 is 1.32 bits per heavy atom. The number of halogens is 3. The van der Waals surface area contributed by atoms with Gasteiger partial charge < -0.3 is 5.11 Å². The van der Waals surface area contributed by atoms with Gasteiger partial charge in [-0.1, -0.05) is 23.2 Å². The average Bonchev–Trinajstić information content (AvgIpc) is 2.32. The highest BCUT2D eigenvalue weighted by atomic mass is 35.5. The second-order valence-electron chi connectivity index (χ2n) is 3.83. The summed E-state index contributed by atoms with van der Waals surface area (Å²) in [6.45, 7) is 0. The van der Waals surface area contributed by atoms with E-state index in [1.54, 1.807) is 6.07 Å². The molecule has 6 heteroatoms. The molecule has 0 amide bonds. The summed E-state index contributed by atoms with van der Waals surface area (Å²) in [7, 11) is 0. The van der Waals surface area contributed by atoms with E-state index in [2.05, 4.69) is 4.98 Å². The summed E-state index contributed by atoms with van der Waals surface area (Å²) in [5.74, 6) is -1.84. The van der Waals surface area contributed by atoms with Crippen LogP contribution < -0.4 is 0 Å². The zero-order valence-corrected chi connectivity index (χ0v) is 11.0. The molecule has 1 N–H and O–H groups in total. The zero-order chi connectivity index (χ0) is 14.0. The Morgan fingerprint density at radius 2 is 2.05 bits per heavy atom. The lowest BCUT2D eigenvalue weighted by Crippen LogP contribution is -2.04. The summed E-state index contributed by atoms with van der Waals surface area (Å²) in [4.78, 5) is 14.3. The monoisotopic (exact) mass is 299 g/mol. The molecule has 1 aromatic carbocycles. The number of carbonyl (C=O) groups is 1. The largest absolute Gasteiger partial charge is 0.481 e. The lowest BCUT2D eigenvalue weighted by atomic mass is 9.99. The Morgan fingerprint density at radius 3 is 2.74 bits per heavy atom. The van der Waals surface area contributed by atoms with Crippen LogP contribution in [0.3, 0.4) is 0 Å². The molecular weight excluding hydrogens is 292 g/mol. The molecule has 19 heavy (non-hydrogen) atoms. The molecule has 0 radical (unpaired) electrons. The minimum atomic E-state index is -1.06. The van der Waals surface area contributed by atoms with Crippen LogP contribution in [0.1, 0.15) is 5.56 Å². The van der Waals surface area contributed by atoms with Crippen LogP contribution >= 0.6 is 23.2 Å². The number of pyridine rings is 1. The molecule has 98 valence electrons. The number of hydrogen-bond donors (Lipinski definition) is 1. The van der Waals surface area contributed by atoms with Crippen LogP contribution in [0, 0.1) is 5.95 Å². The molecule has 0 saturated carbocycles. The number of carboxylic acids is 1. The maximum atomic E-state index is 13.9. The van der Waals surface area contributed by atoms with Gasteiger partial charge in [0.2, 0.25) is 5.95 Å². The van der Waals surface area contributed by atoms with Crippen LogP contribution in [0.25, 0.3) is 11.1 Å². The maximum absolute atomic E-state index is 13.9. The average molecular weight is 300 g/mol. The normalized spacial score (nSPS) is 10.5. The molecule has 0 aliphatic heterocycles. The third-order valence-corrected chi connectivity index (χ3v) is 3.10. The summed E-state index contributed by atoms with van der Waals surface area (Å²) in [5, 5.41) is 9.51. The Hall–Kier alpha value is -1.65. The van der Waals surface area contributed by atoms with Crippen LogP contribution in [0.4, 0.5) is 4.39 Å². The Balaban J connectivity index is 2.66. The fourth-order valence-corrected chi connectivity index (χ4v) is 2.14. The van der Waals surface area contributed by atoms with Crippen molar-refractivity contribution in [3.8, 4) is 11.1 Å². The SMILES string of the molecule is O=C(O)Cc1ccnc(F)c1-c1cc(Cl)ccc1Cl. The van der Waals surface area contributed by atoms with Gasteiger partial charge in [-0.15, -0.1) is 0 Å². The van der Waals surface area contributed by atoms with Crippen LogP contribution in [0.5, 0.6) is 0 Å². The first-order chi connectivity index (χ1) is 8.99. The fraction of sp³-hybridized carbons (Fsp3) is 0.0769. The van der Waals surface area contributed by atoms with E-state index in [0.29, 0.717) is 16.1 Å². The molecule has 0 spiro atoms. The van der Waals surface area contributed by atoms with Gasteiger partial charge in [-0.3, -0.25) is 4.79 Å². The number of nitrogens with zero attached hydrogens (tertiary/aromatic N) is 1. The maximum Gasteiger partial charge on any atom is 0.307 e. The quantitative estimate of drug-likeness (QED) is 0.877. The van der Waals surface area contributed by atoms with Crippen molar-refractivity contribution in [2.24, 2.45) is 0 Å². The van der Waals surface area contributed by atoms with E-state index >= 15 is 0 Å². The lowest BCUT2D eigenvalue weighted by Gasteiger charge is -2.10. The van der Waals surface area contributed by atoms with Gasteiger partial charge >= 0.3 is 5.97 Å². The molecule has 1 aromatic heterocycles. The van der Waals surface area contributed by atoms with E-state index in [1.165, 1.54) is 24.4 Å². The molecule has 0 atom stereocenters. The van der Waals surface area contributed by atoms with Crippen molar-refractivity contribution in [3.63, 3.8) is 0 Å². The van der Waals surface area contributed by atoms with Gasteiger partial charge in [0, 0.05) is 27.4 Å². The first-order valence-corrected chi connectivity index (χ1v) is 6.05. The summed E-state index contributed by atoms with van der Waals surface area (Å²) in [5.41, 5.74) is 0.692. The number of aliphatic carboxylic acids is 1. The predicted molar refractivity (Wildman–Crippen MR) is 71.0 cm³/mol. The molecule has 3 nitrogen and oxygen atoms in total. The van der Waals surface area contributed by atoms with Gasteiger partial charge in [0.15, 0.2) is 0 Å². The number of hydrogen-bond acceptors (Lipinski definition) is 2. The van der Waals surface area contributed by atoms with Crippen molar-refractivity contribution in [1.29, 1.82) is 0 Å². The third kappa shape index (κ3) is 3.03. The molecule has 0 unspecified atom stereocenters. The second-order valence-corrected chi connectivity index (χ2v) is 4.67. The highest BCUT2D eigenvalue weighted by Crippen LogP contribution is 2.34. The van der Waals surface area contributed by atoms with Crippen molar-refractivity contribution >= 4 is 29.2 Å². The molecule has 0 fully saturated rings. The van der Waals surface area contributed by atoms with Crippen molar-refractivity contribution in [1.82, 2.24) is 4.98 Å². The Kier molecular flexibility index (Phi) is 4.02. The number of aromatic nitrogens is 1. The fourth-order valence-electron chi connectivity index (χ4n) is 1.76. The van der Waals surface area contributed by atoms with Crippen molar-refractivity contribution < 1.29 is 14.3 Å². The van der Waals surface area contributed by atoms with E-state index in [4.69, 9.17) is 28.3 Å². The molecule has 2 rings (SSSR count). The summed E-state index contributed by atoms with van der Waals surface area (Å²) in [6.07, 6.45) is 0.896. The van der Waals surface area contributed by atoms with Crippen molar-refractivity contribution in [3.05, 3.63) is 52.0 Å². The van der Waals surface area contributed by atoms with Crippen LogP contribution in [0.2, 0.25) is 10.0 Å². The topological polar surface area (TPSA) is 50.2 Å². The molecule has 0 aliphatic rings. The summed E-state index contributed by atoms with van der Waals surface area (Å²) in [6, 6.07) is 6.02.